The van der Waals surface area contributed by atoms with Gasteiger partial charge in [0.1, 0.15) is 11.8 Å². The van der Waals surface area contributed by atoms with Gasteiger partial charge in [-0.2, -0.15) is 5.26 Å². The van der Waals surface area contributed by atoms with Crippen molar-refractivity contribution in [3.8, 4) is 11.8 Å². The average Bonchev–Trinajstić information content (AvgIpc) is 2.52. The minimum Gasteiger partial charge on any atom is -0.479 e. The average molecular weight is 288 g/mol. The highest BCUT2D eigenvalue weighted by atomic mass is 16.5. The lowest BCUT2D eigenvalue weighted by atomic mass is 10.2. The molecular weight excluding hydrogens is 264 g/mol. The summed E-state index contributed by atoms with van der Waals surface area (Å²) in [5.74, 6) is 0.759. The van der Waals surface area contributed by atoms with E-state index in [1.165, 1.54) is 5.56 Å². The predicted molar refractivity (Wildman–Crippen MR) is 83.2 cm³/mol. The van der Waals surface area contributed by atoms with E-state index in [9.17, 15) is 0 Å². The molecule has 1 heterocycles. The number of ether oxygens (including phenoxy) is 1. The van der Waals surface area contributed by atoms with E-state index in [1.54, 1.807) is 0 Å². The SMILES string of the molecule is CN1CCN(CCNCc2cccc(OCC#N)c2)CC1. The molecule has 21 heavy (non-hydrogen) atoms. The predicted octanol–water partition coefficient (Wildman–Crippen LogP) is 0.926. The van der Waals surface area contributed by atoms with Crippen LogP contribution < -0.4 is 10.1 Å². The van der Waals surface area contributed by atoms with Gasteiger partial charge in [0, 0.05) is 45.8 Å². The largest absolute Gasteiger partial charge is 0.479 e. The molecule has 1 aromatic rings. The fourth-order valence-electron chi connectivity index (χ4n) is 2.40. The summed E-state index contributed by atoms with van der Waals surface area (Å²) in [6.45, 7) is 7.67. The zero-order valence-corrected chi connectivity index (χ0v) is 12.7. The number of nitrogens with zero attached hydrogens (tertiary/aromatic N) is 3. The molecule has 1 aliphatic heterocycles. The first kappa shape index (κ1) is 15.8. The number of likely N-dealkylation sites (N-methyl/N-ethyl adjacent to an activating group) is 1. The van der Waals surface area contributed by atoms with Crippen LogP contribution in [0.5, 0.6) is 5.75 Å². The first-order valence-electron chi connectivity index (χ1n) is 7.48. The van der Waals surface area contributed by atoms with Crippen molar-refractivity contribution >= 4 is 0 Å². The minimum atomic E-state index is 0.0975. The molecule has 0 spiro atoms. The Morgan fingerprint density at radius 3 is 2.86 bits per heavy atom. The summed E-state index contributed by atoms with van der Waals surface area (Å²) in [4.78, 5) is 4.87. The van der Waals surface area contributed by atoms with E-state index in [4.69, 9.17) is 10.00 Å². The number of nitrogens with one attached hydrogen (secondary N) is 1. The molecule has 5 nitrogen and oxygen atoms in total. The van der Waals surface area contributed by atoms with Crippen molar-refractivity contribution in [2.45, 2.75) is 6.54 Å². The molecule has 1 aliphatic rings. The van der Waals surface area contributed by atoms with Crippen LogP contribution in [0.25, 0.3) is 0 Å². The number of rotatable bonds is 7. The Bertz CT molecular complexity index is 464. The van der Waals surface area contributed by atoms with Gasteiger partial charge in [0.05, 0.1) is 0 Å². The lowest BCUT2D eigenvalue weighted by Crippen LogP contribution is -2.46. The molecule has 0 saturated carbocycles. The molecule has 0 aliphatic carbocycles. The molecule has 0 unspecified atom stereocenters. The van der Waals surface area contributed by atoms with Crippen molar-refractivity contribution in [3.05, 3.63) is 29.8 Å². The fourth-order valence-corrected chi connectivity index (χ4v) is 2.40. The Hall–Kier alpha value is -1.61. The van der Waals surface area contributed by atoms with E-state index >= 15 is 0 Å². The number of nitriles is 1. The van der Waals surface area contributed by atoms with Gasteiger partial charge in [-0.15, -0.1) is 0 Å². The van der Waals surface area contributed by atoms with Crippen molar-refractivity contribution in [3.63, 3.8) is 0 Å². The van der Waals surface area contributed by atoms with Crippen molar-refractivity contribution in [2.75, 3.05) is 52.9 Å². The van der Waals surface area contributed by atoms with Crippen molar-refractivity contribution in [1.82, 2.24) is 15.1 Å². The summed E-state index contributed by atoms with van der Waals surface area (Å²) in [5, 5.41) is 12.0. The highest BCUT2D eigenvalue weighted by Gasteiger charge is 2.12. The molecule has 0 radical (unpaired) electrons. The number of piperazine rings is 1. The molecule has 0 aromatic heterocycles. The first-order valence-corrected chi connectivity index (χ1v) is 7.48. The van der Waals surface area contributed by atoms with Gasteiger partial charge in [-0.3, -0.25) is 4.90 Å². The van der Waals surface area contributed by atoms with Crippen LogP contribution in [0.3, 0.4) is 0 Å². The van der Waals surface area contributed by atoms with E-state index in [2.05, 4.69) is 28.2 Å². The molecule has 1 saturated heterocycles. The lowest BCUT2D eigenvalue weighted by Gasteiger charge is -2.32. The van der Waals surface area contributed by atoms with Crippen LogP contribution in [-0.2, 0) is 6.54 Å². The molecule has 1 fully saturated rings. The topological polar surface area (TPSA) is 51.5 Å². The van der Waals surface area contributed by atoms with Gasteiger partial charge < -0.3 is 15.0 Å². The van der Waals surface area contributed by atoms with Gasteiger partial charge in [-0.1, -0.05) is 12.1 Å². The molecule has 0 bridgehead atoms. The Labute approximate surface area is 127 Å². The monoisotopic (exact) mass is 288 g/mol. The molecule has 1 N–H and O–H groups in total. The van der Waals surface area contributed by atoms with Crippen molar-refractivity contribution in [1.29, 1.82) is 5.26 Å². The summed E-state index contributed by atoms with van der Waals surface area (Å²) >= 11 is 0. The maximum Gasteiger partial charge on any atom is 0.174 e. The van der Waals surface area contributed by atoms with Crippen LogP contribution in [0.1, 0.15) is 5.56 Å². The van der Waals surface area contributed by atoms with E-state index in [-0.39, 0.29) is 6.61 Å². The second kappa shape index (κ2) is 8.63. The summed E-state index contributed by atoms with van der Waals surface area (Å²) in [5.41, 5.74) is 1.18. The molecule has 2 rings (SSSR count). The fraction of sp³-hybridized carbons (Fsp3) is 0.562. The van der Waals surface area contributed by atoms with Gasteiger partial charge in [0.25, 0.3) is 0 Å². The standard InChI is InChI=1S/C16H24N4O/c1-19-8-10-20(11-9-19)7-6-18-14-15-3-2-4-16(13-15)21-12-5-17/h2-4,13,18H,6-12,14H2,1H3. The zero-order valence-electron chi connectivity index (χ0n) is 12.7. The van der Waals surface area contributed by atoms with Gasteiger partial charge in [0.2, 0.25) is 0 Å². The Morgan fingerprint density at radius 1 is 1.29 bits per heavy atom. The maximum absolute atomic E-state index is 8.52. The Morgan fingerprint density at radius 2 is 2.10 bits per heavy atom. The van der Waals surface area contributed by atoms with Crippen LogP contribution in [0.2, 0.25) is 0 Å². The summed E-state index contributed by atoms with van der Waals surface area (Å²) in [6, 6.07) is 9.88. The second-order valence-corrected chi connectivity index (χ2v) is 5.42. The third-order valence-electron chi connectivity index (χ3n) is 3.73. The number of hydrogen-bond acceptors (Lipinski definition) is 5. The highest BCUT2D eigenvalue weighted by molar-refractivity contribution is 5.28. The second-order valence-electron chi connectivity index (χ2n) is 5.42. The van der Waals surface area contributed by atoms with Crippen LogP contribution in [0.15, 0.2) is 24.3 Å². The van der Waals surface area contributed by atoms with Gasteiger partial charge in [-0.25, -0.2) is 0 Å². The summed E-state index contributed by atoms with van der Waals surface area (Å²) in [7, 11) is 2.18. The Kier molecular flexibility index (Phi) is 6.48. The Balaban J connectivity index is 1.65. The van der Waals surface area contributed by atoms with Crippen LogP contribution in [0.4, 0.5) is 0 Å². The van der Waals surface area contributed by atoms with Crippen LogP contribution >= 0.6 is 0 Å². The molecule has 1 aromatic carbocycles. The third-order valence-corrected chi connectivity index (χ3v) is 3.73. The molecular formula is C16H24N4O. The normalized spacial score (nSPS) is 16.6. The molecule has 0 amide bonds. The van der Waals surface area contributed by atoms with Gasteiger partial charge in [0.15, 0.2) is 6.61 Å². The highest BCUT2D eigenvalue weighted by Crippen LogP contribution is 2.12. The van der Waals surface area contributed by atoms with Gasteiger partial charge in [-0.05, 0) is 24.7 Å². The van der Waals surface area contributed by atoms with Crippen molar-refractivity contribution in [2.24, 2.45) is 0 Å². The molecule has 114 valence electrons. The maximum atomic E-state index is 8.52. The van der Waals surface area contributed by atoms with Crippen LogP contribution in [-0.4, -0.2) is 62.7 Å². The molecule has 0 atom stereocenters. The lowest BCUT2D eigenvalue weighted by molar-refractivity contribution is 0.154. The zero-order chi connectivity index (χ0) is 14.9. The third kappa shape index (κ3) is 5.72. The van der Waals surface area contributed by atoms with Crippen molar-refractivity contribution < 1.29 is 4.74 Å². The quantitative estimate of drug-likeness (QED) is 0.756. The first-order chi connectivity index (χ1) is 10.3. The van der Waals surface area contributed by atoms with E-state index in [0.29, 0.717) is 0 Å². The summed E-state index contributed by atoms with van der Waals surface area (Å²) < 4.78 is 5.31. The minimum absolute atomic E-state index is 0.0975. The van der Waals surface area contributed by atoms with Crippen LogP contribution in [0, 0.1) is 11.3 Å². The number of hydrogen-bond donors (Lipinski definition) is 1. The molecule has 5 heteroatoms. The number of benzene rings is 1. The smallest absolute Gasteiger partial charge is 0.174 e. The van der Waals surface area contributed by atoms with E-state index < -0.39 is 0 Å². The van der Waals surface area contributed by atoms with E-state index in [0.717, 1.165) is 51.6 Å². The van der Waals surface area contributed by atoms with E-state index in [1.807, 2.05) is 24.3 Å². The van der Waals surface area contributed by atoms with Gasteiger partial charge >= 0.3 is 0 Å². The summed E-state index contributed by atoms with van der Waals surface area (Å²) in [6.07, 6.45) is 0.